The molecular weight excluding hydrogens is 358 g/mol. The predicted octanol–water partition coefficient (Wildman–Crippen LogP) is -1.56. The van der Waals surface area contributed by atoms with Crippen LogP contribution in [-0.4, -0.2) is 69.0 Å². The lowest BCUT2D eigenvalue weighted by atomic mass is 9.99. The fraction of sp³-hybridized carbons (Fsp3) is 0.538. The van der Waals surface area contributed by atoms with Crippen molar-refractivity contribution in [2.45, 2.75) is 11.1 Å². The fourth-order valence-corrected chi connectivity index (χ4v) is 5.11. The topological polar surface area (TPSA) is 126 Å². The highest BCUT2D eigenvalue weighted by atomic mass is 32.2. The molecule has 0 radical (unpaired) electrons. The Morgan fingerprint density at radius 3 is 3.04 bits per heavy atom. The van der Waals surface area contributed by atoms with Crippen LogP contribution in [0.4, 0.5) is 0 Å². The number of esters is 1. The zero-order chi connectivity index (χ0) is 17.5. The average Bonchev–Trinajstić information content (AvgIpc) is 2.91. The van der Waals surface area contributed by atoms with Gasteiger partial charge in [0.2, 0.25) is 5.91 Å². The van der Waals surface area contributed by atoms with Crippen LogP contribution in [0.5, 0.6) is 0 Å². The minimum Gasteiger partial charge on any atom is -0.456 e. The number of nitrogens with one attached hydrogen (secondary N) is 1. The van der Waals surface area contributed by atoms with E-state index in [0.29, 0.717) is 5.57 Å². The maximum absolute atomic E-state index is 12.6. The van der Waals surface area contributed by atoms with E-state index in [4.69, 9.17) is 14.7 Å². The molecule has 0 aromatic rings. The number of nitrogens with zero attached hydrogens (tertiary/aromatic N) is 2. The van der Waals surface area contributed by atoms with Gasteiger partial charge in [-0.25, -0.2) is 4.79 Å². The van der Waals surface area contributed by atoms with Crippen LogP contribution in [0.3, 0.4) is 0 Å². The molecule has 1 fully saturated rings. The van der Waals surface area contributed by atoms with Gasteiger partial charge in [0.25, 0.3) is 11.6 Å². The molecule has 1 saturated heterocycles. The second-order valence-corrected chi connectivity index (χ2v) is 7.70. The van der Waals surface area contributed by atoms with Gasteiger partial charge in [0.05, 0.1) is 34.1 Å². The number of amides is 2. The third-order valence-electron chi connectivity index (χ3n) is 3.88. The van der Waals surface area contributed by atoms with Gasteiger partial charge in [-0.1, -0.05) is 0 Å². The van der Waals surface area contributed by atoms with E-state index in [1.165, 1.54) is 7.11 Å². The van der Waals surface area contributed by atoms with Crippen molar-refractivity contribution < 1.29 is 28.1 Å². The summed E-state index contributed by atoms with van der Waals surface area (Å²) in [5.41, 5.74) is -1.15. The monoisotopic (exact) mass is 371 g/mol. The van der Waals surface area contributed by atoms with Gasteiger partial charge in [-0.15, -0.1) is 11.8 Å². The Balaban J connectivity index is 1.83. The number of β-lactam (4-membered cyclic amide) rings is 1. The summed E-state index contributed by atoms with van der Waals surface area (Å²) in [4.78, 5) is 37.5. The van der Waals surface area contributed by atoms with Gasteiger partial charge in [-0.2, -0.15) is 5.26 Å². The summed E-state index contributed by atoms with van der Waals surface area (Å²) in [6.07, 6.45) is 0. The molecule has 0 saturated carbocycles. The molecule has 0 spiro atoms. The molecule has 1 unspecified atom stereocenters. The van der Waals surface area contributed by atoms with E-state index in [0.717, 1.165) is 16.7 Å². The largest absolute Gasteiger partial charge is 0.456 e. The fourth-order valence-electron chi connectivity index (χ4n) is 2.88. The van der Waals surface area contributed by atoms with Crippen LogP contribution >= 0.6 is 11.8 Å². The van der Waals surface area contributed by atoms with E-state index < -0.39 is 39.7 Å². The number of hydrogen-bond acceptors (Lipinski definition) is 8. The van der Waals surface area contributed by atoms with Gasteiger partial charge < -0.3 is 14.8 Å². The molecule has 3 atom stereocenters. The Kier molecular flexibility index (Phi) is 4.37. The summed E-state index contributed by atoms with van der Waals surface area (Å²) in [5, 5.41) is 9.96. The minimum absolute atomic E-state index is 0.0214. The molecule has 3 aliphatic rings. The van der Waals surface area contributed by atoms with Crippen molar-refractivity contribution in [3.63, 3.8) is 0 Å². The molecule has 3 heterocycles. The van der Waals surface area contributed by atoms with Gasteiger partial charge >= 0.3 is 5.97 Å². The van der Waals surface area contributed by atoms with Crippen molar-refractivity contribution >= 4 is 40.3 Å². The summed E-state index contributed by atoms with van der Waals surface area (Å²) < 4.78 is 22.6. The highest BCUT2D eigenvalue weighted by Crippen LogP contribution is 2.43. The Bertz CT molecular complexity index is 730. The first-order chi connectivity index (χ1) is 11.5. The van der Waals surface area contributed by atoms with Crippen molar-refractivity contribution in [2.75, 3.05) is 31.0 Å². The number of methoxy groups -OCH3 is 1. The maximum Gasteiger partial charge on any atom is 0.355 e. The van der Waals surface area contributed by atoms with Crippen LogP contribution in [0.1, 0.15) is 0 Å². The number of carbonyl (C=O) groups excluding carboxylic acids is 3. The van der Waals surface area contributed by atoms with E-state index in [-0.39, 0.29) is 29.6 Å². The standard InChI is InChI=1S/C13H13N3O6S2/c1-21-13(15-8(17)5-23-3-2-14)11(19)16-9-7(4-22-10(9)18)6-24(20)12(13)16/h12H,3-6H2,1H3,(H,15,17)/t12-,13+,24?/m1/s1. The molecule has 1 N–H and O–H groups in total. The molecule has 2 amide bonds. The average molecular weight is 371 g/mol. The summed E-state index contributed by atoms with van der Waals surface area (Å²) in [6, 6.07) is 1.89. The number of cyclic esters (lactones) is 1. The lowest BCUT2D eigenvalue weighted by Crippen LogP contribution is -2.83. The molecule has 11 heteroatoms. The first kappa shape index (κ1) is 16.9. The minimum atomic E-state index is -1.77. The second-order valence-electron chi connectivity index (χ2n) is 5.22. The number of hydrogen-bond donors (Lipinski definition) is 1. The van der Waals surface area contributed by atoms with Crippen molar-refractivity contribution in [1.82, 2.24) is 10.2 Å². The van der Waals surface area contributed by atoms with Gasteiger partial charge in [-0.3, -0.25) is 18.7 Å². The zero-order valence-electron chi connectivity index (χ0n) is 12.6. The summed E-state index contributed by atoms with van der Waals surface area (Å²) in [7, 11) is -0.323. The van der Waals surface area contributed by atoms with Gasteiger partial charge in [0.1, 0.15) is 12.3 Å². The van der Waals surface area contributed by atoms with Crippen molar-refractivity contribution in [2.24, 2.45) is 0 Å². The maximum atomic E-state index is 12.6. The first-order valence-electron chi connectivity index (χ1n) is 6.87. The first-order valence-corrected chi connectivity index (χ1v) is 9.40. The summed E-state index contributed by atoms with van der Waals surface area (Å²) >= 11 is 1.08. The third kappa shape index (κ3) is 2.33. The number of nitriles is 1. The molecule has 128 valence electrons. The predicted molar refractivity (Wildman–Crippen MR) is 82.4 cm³/mol. The van der Waals surface area contributed by atoms with Crippen LogP contribution in [0.25, 0.3) is 0 Å². The Morgan fingerprint density at radius 2 is 2.38 bits per heavy atom. The summed E-state index contributed by atoms with van der Waals surface area (Å²) in [5.74, 6) is -1.64. The third-order valence-corrected chi connectivity index (χ3v) is 6.35. The quantitative estimate of drug-likeness (QED) is 0.266. The molecule has 3 aliphatic heterocycles. The Labute approximate surface area is 143 Å². The number of rotatable bonds is 5. The highest BCUT2D eigenvalue weighted by Gasteiger charge is 2.69. The van der Waals surface area contributed by atoms with Gasteiger partial charge in [0, 0.05) is 12.7 Å². The molecule has 0 aromatic heterocycles. The van der Waals surface area contributed by atoms with Crippen molar-refractivity contribution in [3.05, 3.63) is 11.3 Å². The normalized spacial score (nSPS) is 30.9. The SMILES string of the molecule is CO[C@@]1(NC(=O)CSCC#N)C(=O)N2C3=C(COC3=O)CS(=O)[C@@H]21. The Morgan fingerprint density at radius 1 is 1.62 bits per heavy atom. The van der Waals surface area contributed by atoms with Crippen LogP contribution in [0.15, 0.2) is 11.3 Å². The summed E-state index contributed by atoms with van der Waals surface area (Å²) in [6.45, 7) is 0.0214. The van der Waals surface area contributed by atoms with Gasteiger partial charge in [0.15, 0.2) is 5.37 Å². The molecule has 0 aromatic carbocycles. The van der Waals surface area contributed by atoms with Crippen LogP contribution in [-0.2, 0) is 34.7 Å². The molecule has 0 aliphatic carbocycles. The zero-order valence-corrected chi connectivity index (χ0v) is 14.2. The van der Waals surface area contributed by atoms with Gasteiger partial charge in [-0.05, 0) is 0 Å². The lowest BCUT2D eigenvalue weighted by molar-refractivity contribution is -0.192. The molecule has 9 nitrogen and oxygen atoms in total. The number of carbonyl (C=O) groups is 3. The van der Waals surface area contributed by atoms with Crippen molar-refractivity contribution in [3.8, 4) is 6.07 Å². The van der Waals surface area contributed by atoms with Crippen LogP contribution < -0.4 is 5.32 Å². The second kappa shape index (κ2) is 6.19. The molecule has 0 bridgehead atoms. The highest BCUT2D eigenvalue weighted by molar-refractivity contribution is 8.00. The van der Waals surface area contributed by atoms with E-state index in [1.807, 2.05) is 6.07 Å². The van der Waals surface area contributed by atoms with E-state index in [2.05, 4.69) is 5.32 Å². The number of thioether (sulfide) groups is 1. The lowest BCUT2D eigenvalue weighted by Gasteiger charge is -2.54. The molecule has 3 rings (SSSR count). The van der Waals surface area contributed by atoms with E-state index in [9.17, 15) is 18.6 Å². The number of ether oxygens (including phenoxy) is 2. The van der Waals surface area contributed by atoms with Crippen molar-refractivity contribution in [1.29, 1.82) is 5.26 Å². The molecule has 24 heavy (non-hydrogen) atoms. The molecular formula is C13H13N3O6S2. The van der Waals surface area contributed by atoms with Crippen LogP contribution in [0, 0.1) is 11.3 Å². The van der Waals surface area contributed by atoms with Crippen LogP contribution in [0.2, 0.25) is 0 Å². The van der Waals surface area contributed by atoms with E-state index in [1.54, 1.807) is 0 Å². The van der Waals surface area contributed by atoms with E-state index >= 15 is 0 Å². The Hall–Kier alpha value is -1.90. The smallest absolute Gasteiger partial charge is 0.355 e. The number of fused-ring (bicyclic) bond motifs is 2.